The van der Waals surface area contributed by atoms with Crippen molar-refractivity contribution in [2.24, 2.45) is 0 Å². The Hall–Kier alpha value is -1.18. The first-order valence-electron chi connectivity index (χ1n) is 6.83. The molecule has 7 heteroatoms. The van der Waals surface area contributed by atoms with Crippen LogP contribution in [0.1, 0.15) is 36.1 Å². The highest BCUT2D eigenvalue weighted by Crippen LogP contribution is 2.28. The molecule has 0 aliphatic heterocycles. The number of rotatable bonds is 6. The van der Waals surface area contributed by atoms with E-state index in [1.54, 1.807) is 7.05 Å². The van der Waals surface area contributed by atoms with Crippen molar-refractivity contribution in [2.45, 2.75) is 37.5 Å². The van der Waals surface area contributed by atoms with Gasteiger partial charge in [-0.1, -0.05) is 12.8 Å². The van der Waals surface area contributed by atoms with Crippen LogP contribution in [0.4, 0.5) is 0 Å². The summed E-state index contributed by atoms with van der Waals surface area (Å²) in [6, 6.07) is 1.82. The van der Waals surface area contributed by atoms with Crippen LogP contribution in [0.2, 0.25) is 0 Å². The molecule has 1 fully saturated rings. The zero-order valence-corrected chi connectivity index (χ0v) is 13.5. The standard InChI is InChI=1S/C14H19NO4S2/c1-15(21(18,19)13-4-2-3-5-13)9-12-8-11(10-20-12)6-7-14(16)17/h6-8,10,13H,2-5,9H2,1H3,(H,16,17)/b7-6+. The molecule has 0 amide bonds. The second-order valence-corrected chi connectivity index (χ2v) is 8.54. The first-order chi connectivity index (χ1) is 9.89. The predicted octanol–water partition coefficient (Wildman–Crippen LogP) is 2.55. The quantitative estimate of drug-likeness (QED) is 0.814. The zero-order valence-electron chi connectivity index (χ0n) is 11.9. The molecule has 0 atom stereocenters. The second kappa shape index (κ2) is 6.72. The van der Waals surface area contributed by atoms with Gasteiger partial charge in [-0.15, -0.1) is 11.3 Å². The molecule has 1 aliphatic carbocycles. The smallest absolute Gasteiger partial charge is 0.328 e. The largest absolute Gasteiger partial charge is 0.478 e. The maximum absolute atomic E-state index is 12.4. The van der Waals surface area contributed by atoms with Gasteiger partial charge >= 0.3 is 5.97 Å². The molecule has 2 rings (SSSR count). The van der Waals surface area contributed by atoms with E-state index >= 15 is 0 Å². The van der Waals surface area contributed by atoms with E-state index in [2.05, 4.69) is 0 Å². The third-order valence-electron chi connectivity index (χ3n) is 3.63. The molecule has 1 aromatic heterocycles. The minimum atomic E-state index is -3.23. The van der Waals surface area contributed by atoms with Gasteiger partial charge in [-0.2, -0.15) is 4.31 Å². The molecule has 0 saturated heterocycles. The van der Waals surface area contributed by atoms with E-state index in [0.29, 0.717) is 6.54 Å². The Labute approximate surface area is 129 Å². The van der Waals surface area contributed by atoms with Crippen LogP contribution in [0.15, 0.2) is 17.5 Å². The molecule has 0 bridgehead atoms. The number of carbonyl (C=O) groups is 1. The van der Waals surface area contributed by atoms with Crippen molar-refractivity contribution >= 4 is 33.4 Å². The molecule has 0 unspecified atom stereocenters. The number of nitrogens with zero attached hydrogens (tertiary/aromatic N) is 1. The SMILES string of the molecule is CN(Cc1cc(/C=C/C(=O)O)cs1)S(=O)(=O)C1CCCC1. The molecule has 1 heterocycles. The van der Waals surface area contributed by atoms with Gasteiger partial charge in [0.15, 0.2) is 0 Å². The first-order valence-corrected chi connectivity index (χ1v) is 9.21. The number of hydrogen-bond acceptors (Lipinski definition) is 4. The Morgan fingerprint density at radius 3 is 2.76 bits per heavy atom. The fraction of sp³-hybridized carbons (Fsp3) is 0.500. The number of carboxylic acids is 1. The number of thiophene rings is 1. The van der Waals surface area contributed by atoms with Crippen molar-refractivity contribution in [2.75, 3.05) is 7.05 Å². The second-order valence-electron chi connectivity index (χ2n) is 5.23. The first kappa shape index (κ1) is 16.2. The zero-order chi connectivity index (χ0) is 15.5. The van der Waals surface area contributed by atoms with Crippen LogP contribution in [0.25, 0.3) is 6.08 Å². The summed E-state index contributed by atoms with van der Waals surface area (Å²) in [5.74, 6) is -0.997. The lowest BCUT2D eigenvalue weighted by Crippen LogP contribution is -2.34. The summed E-state index contributed by atoms with van der Waals surface area (Å²) in [6.45, 7) is 0.338. The molecule has 1 aliphatic rings. The van der Waals surface area contributed by atoms with Crippen LogP contribution in [-0.2, 0) is 21.4 Å². The summed E-state index contributed by atoms with van der Waals surface area (Å²) in [6.07, 6.45) is 6.06. The maximum atomic E-state index is 12.4. The number of carboxylic acid groups (broad SMARTS) is 1. The Morgan fingerprint density at radius 2 is 2.14 bits per heavy atom. The lowest BCUT2D eigenvalue weighted by molar-refractivity contribution is -0.131. The van der Waals surface area contributed by atoms with Gasteiger partial charge < -0.3 is 5.11 Å². The average Bonchev–Trinajstić information content (AvgIpc) is 3.07. The summed E-state index contributed by atoms with van der Waals surface area (Å²) >= 11 is 1.44. The number of sulfonamides is 1. The van der Waals surface area contributed by atoms with E-state index in [4.69, 9.17) is 5.11 Å². The normalized spacial score (nSPS) is 17.0. The third kappa shape index (κ3) is 4.15. The maximum Gasteiger partial charge on any atom is 0.328 e. The topological polar surface area (TPSA) is 74.7 Å². The molecule has 0 aromatic carbocycles. The van der Waals surface area contributed by atoms with Crippen LogP contribution in [0.3, 0.4) is 0 Å². The van der Waals surface area contributed by atoms with Crippen LogP contribution < -0.4 is 0 Å². The van der Waals surface area contributed by atoms with Gasteiger partial charge in [-0.05, 0) is 35.9 Å². The van der Waals surface area contributed by atoms with Crippen molar-refractivity contribution in [3.05, 3.63) is 28.0 Å². The van der Waals surface area contributed by atoms with Crippen molar-refractivity contribution < 1.29 is 18.3 Å². The Morgan fingerprint density at radius 1 is 1.48 bits per heavy atom. The van der Waals surface area contributed by atoms with Crippen molar-refractivity contribution in [1.82, 2.24) is 4.31 Å². The van der Waals surface area contributed by atoms with E-state index < -0.39 is 16.0 Å². The Balaban J connectivity index is 2.02. The predicted molar refractivity (Wildman–Crippen MR) is 83.6 cm³/mol. The van der Waals surface area contributed by atoms with Gasteiger partial charge in [0, 0.05) is 24.5 Å². The van der Waals surface area contributed by atoms with Crippen molar-refractivity contribution in [3.63, 3.8) is 0 Å². The summed E-state index contributed by atoms with van der Waals surface area (Å²) in [4.78, 5) is 11.4. The lowest BCUT2D eigenvalue weighted by Gasteiger charge is -2.20. The van der Waals surface area contributed by atoms with E-state index in [1.165, 1.54) is 21.7 Å². The van der Waals surface area contributed by atoms with Crippen LogP contribution in [0, 0.1) is 0 Å². The van der Waals surface area contributed by atoms with Crippen LogP contribution in [-0.4, -0.2) is 36.1 Å². The summed E-state index contributed by atoms with van der Waals surface area (Å²) < 4.78 is 26.2. The summed E-state index contributed by atoms with van der Waals surface area (Å²) in [5.41, 5.74) is 0.782. The fourth-order valence-electron chi connectivity index (χ4n) is 2.49. The summed E-state index contributed by atoms with van der Waals surface area (Å²) in [5, 5.41) is 10.2. The lowest BCUT2D eigenvalue weighted by atomic mass is 10.3. The van der Waals surface area contributed by atoms with Gasteiger partial charge in [-0.3, -0.25) is 0 Å². The van der Waals surface area contributed by atoms with Gasteiger partial charge in [0.25, 0.3) is 0 Å². The highest BCUT2D eigenvalue weighted by atomic mass is 32.2. The van der Waals surface area contributed by atoms with E-state index in [-0.39, 0.29) is 5.25 Å². The Kier molecular flexibility index (Phi) is 5.18. The van der Waals surface area contributed by atoms with Gasteiger partial charge in [-0.25, -0.2) is 13.2 Å². The highest BCUT2D eigenvalue weighted by Gasteiger charge is 2.32. The number of hydrogen-bond donors (Lipinski definition) is 1. The third-order valence-corrected chi connectivity index (χ3v) is 6.88. The molecular weight excluding hydrogens is 310 g/mol. The van der Waals surface area contributed by atoms with E-state index in [9.17, 15) is 13.2 Å². The molecule has 1 N–H and O–H groups in total. The molecule has 116 valence electrons. The molecule has 0 radical (unpaired) electrons. The molecule has 5 nitrogen and oxygen atoms in total. The molecule has 1 saturated carbocycles. The van der Waals surface area contributed by atoms with Gasteiger partial charge in [0.1, 0.15) is 0 Å². The molecule has 21 heavy (non-hydrogen) atoms. The van der Waals surface area contributed by atoms with Crippen LogP contribution >= 0.6 is 11.3 Å². The number of aliphatic carboxylic acids is 1. The Bertz CT molecular complexity index is 627. The van der Waals surface area contributed by atoms with E-state index in [0.717, 1.165) is 42.2 Å². The molecular formula is C14H19NO4S2. The van der Waals surface area contributed by atoms with E-state index in [1.807, 2.05) is 11.4 Å². The molecule has 1 aromatic rings. The van der Waals surface area contributed by atoms with Gasteiger partial charge in [0.2, 0.25) is 10.0 Å². The monoisotopic (exact) mass is 329 g/mol. The average molecular weight is 329 g/mol. The minimum Gasteiger partial charge on any atom is -0.478 e. The van der Waals surface area contributed by atoms with Crippen LogP contribution in [0.5, 0.6) is 0 Å². The van der Waals surface area contributed by atoms with Gasteiger partial charge in [0.05, 0.1) is 5.25 Å². The fourth-order valence-corrected chi connectivity index (χ4v) is 5.23. The highest BCUT2D eigenvalue weighted by molar-refractivity contribution is 7.89. The summed E-state index contributed by atoms with van der Waals surface area (Å²) in [7, 11) is -1.61. The van der Waals surface area contributed by atoms with Crippen molar-refractivity contribution in [1.29, 1.82) is 0 Å². The van der Waals surface area contributed by atoms with Crippen molar-refractivity contribution in [3.8, 4) is 0 Å². The molecule has 0 spiro atoms. The minimum absolute atomic E-state index is 0.242.